The summed E-state index contributed by atoms with van der Waals surface area (Å²) < 4.78 is 23.0. The van der Waals surface area contributed by atoms with Crippen molar-refractivity contribution in [3.63, 3.8) is 0 Å². The summed E-state index contributed by atoms with van der Waals surface area (Å²) in [6, 6.07) is 6.04. The molecule has 2 rings (SSSR count). The van der Waals surface area contributed by atoms with Crippen molar-refractivity contribution >= 4 is 32.9 Å². The first-order valence-electron chi connectivity index (χ1n) is 6.60. The standard InChI is InChI=1S/C14H20N2O2S2/c1-10-4-5-12(8-11(10)2)15-14(19)16(3)13-6-7-20(17,18)9-13/h4-5,8,13H,6-7,9H2,1-3H3,(H,15,19)/t13-/m1/s1. The Hall–Kier alpha value is -1.14. The average Bonchev–Trinajstić information content (AvgIpc) is 2.73. The van der Waals surface area contributed by atoms with Crippen LogP contribution in [0.25, 0.3) is 0 Å². The number of hydrogen-bond donors (Lipinski definition) is 1. The molecule has 1 heterocycles. The Morgan fingerprint density at radius 3 is 2.60 bits per heavy atom. The van der Waals surface area contributed by atoms with Gasteiger partial charge < -0.3 is 10.2 Å². The fraction of sp³-hybridized carbons (Fsp3) is 0.500. The molecular formula is C14H20N2O2S2. The number of nitrogens with one attached hydrogen (secondary N) is 1. The fourth-order valence-corrected chi connectivity index (χ4v) is 4.32. The van der Waals surface area contributed by atoms with Crippen LogP contribution < -0.4 is 5.32 Å². The first kappa shape index (κ1) is 15.3. The molecule has 1 aliphatic heterocycles. The normalized spacial score (nSPS) is 20.6. The van der Waals surface area contributed by atoms with Crippen molar-refractivity contribution in [3.05, 3.63) is 29.3 Å². The third-order valence-electron chi connectivity index (χ3n) is 3.83. The molecule has 1 aliphatic rings. The number of benzene rings is 1. The Morgan fingerprint density at radius 2 is 2.05 bits per heavy atom. The molecule has 4 nitrogen and oxygen atoms in total. The van der Waals surface area contributed by atoms with E-state index in [1.54, 1.807) is 0 Å². The van der Waals surface area contributed by atoms with Crippen LogP contribution in [0.2, 0.25) is 0 Å². The number of sulfone groups is 1. The molecule has 1 N–H and O–H groups in total. The molecular weight excluding hydrogens is 292 g/mol. The van der Waals surface area contributed by atoms with Crippen molar-refractivity contribution in [3.8, 4) is 0 Å². The number of aryl methyl sites for hydroxylation is 2. The van der Waals surface area contributed by atoms with E-state index < -0.39 is 9.84 Å². The molecule has 0 aromatic heterocycles. The zero-order valence-corrected chi connectivity index (χ0v) is 13.6. The summed E-state index contributed by atoms with van der Waals surface area (Å²) in [7, 11) is -1.04. The summed E-state index contributed by atoms with van der Waals surface area (Å²) in [5.74, 6) is 0.451. The highest BCUT2D eigenvalue weighted by atomic mass is 32.2. The lowest BCUT2D eigenvalue weighted by molar-refractivity contribution is 0.402. The Kier molecular flexibility index (Phi) is 4.34. The van der Waals surface area contributed by atoms with Gasteiger partial charge in [-0.3, -0.25) is 0 Å². The lowest BCUT2D eigenvalue weighted by Crippen LogP contribution is -2.40. The number of rotatable bonds is 2. The molecule has 1 saturated heterocycles. The lowest BCUT2D eigenvalue weighted by Gasteiger charge is -2.26. The molecule has 1 atom stereocenters. The van der Waals surface area contributed by atoms with Gasteiger partial charge in [-0.25, -0.2) is 8.42 Å². The zero-order chi connectivity index (χ0) is 14.9. The summed E-state index contributed by atoms with van der Waals surface area (Å²) in [5.41, 5.74) is 3.37. The van der Waals surface area contributed by atoms with Gasteiger partial charge in [0, 0.05) is 18.8 Å². The van der Waals surface area contributed by atoms with E-state index in [0.717, 1.165) is 5.69 Å². The van der Waals surface area contributed by atoms with Crippen molar-refractivity contribution in [2.24, 2.45) is 0 Å². The summed E-state index contributed by atoms with van der Waals surface area (Å²) in [6.45, 7) is 4.11. The van der Waals surface area contributed by atoms with Crippen LogP contribution in [0, 0.1) is 13.8 Å². The Labute approximate surface area is 126 Å². The monoisotopic (exact) mass is 312 g/mol. The van der Waals surface area contributed by atoms with Crippen LogP contribution >= 0.6 is 12.2 Å². The topological polar surface area (TPSA) is 49.4 Å². The lowest BCUT2D eigenvalue weighted by atomic mass is 10.1. The van der Waals surface area contributed by atoms with E-state index in [2.05, 4.69) is 19.2 Å². The molecule has 0 aliphatic carbocycles. The number of anilines is 1. The van der Waals surface area contributed by atoms with E-state index in [4.69, 9.17) is 12.2 Å². The third-order valence-corrected chi connectivity index (χ3v) is 5.98. The highest BCUT2D eigenvalue weighted by molar-refractivity contribution is 7.91. The van der Waals surface area contributed by atoms with E-state index in [9.17, 15) is 8.42 Å². The smallest absolute Gasteiger partial charge is 0.173 e. The van der Waals surface area contributed by atoms with Crippen molar-refractivity contribution in [2.75, 3.05) is 23.9 Å². The first-order chi connectivity index (χ1) is 9.28. The minimum absolute atomic E-state index is 0.0217. The number of hydrogen-bond acceptors (Lipinski definition) is 3. The molecule has 6 heteroatoms. The fourth-order valence-electron chi connectivity index (χ4n) is 2.28. The van der Waals surface area contributed by atoms with Crippen LogP contribution in [0.15, 0.2) is 18.2 Å². The second-order valence-corrected chi connectivity index (χ2v) is 8.01. The van der Waals surface area contributed by atoms with Crippen LogP contribution in [0.5, 0.6) is 0 Å². The van der Waals surface area contributed by atoms with Gasteiger partial charge in [-0.2, -0.15) is 0 Å². The van der Waals surface area contributed by atoms with E-state index in [1.807, 2.05) is 30.1 Å². The van der Waals surface area contributed by atoms with Gasteiger partial charge in [0.2, 0.25) is 0 Å². The van der Waals surface area contributed by atoms with Crippen LogP contribution in [0.3, 0.4) is 0 Å². The van der Waals surface area contributed by atoms with Crippen LogP contribution in [-0.2, 0) is 9.84 Å². The highest BCUT2D eigenvalue weighted by Gasteiger charge is 2.31. The second-order valence-electron chi connectivity index (χ2n) is 5.40. The molecule has 1 fully saturated rings. The SMILES string of the molecule is Cc1ccc(NC(=S)N(C)[C@@H]2CCS(=O)(=O)C2)cc1C. The average molecular weight is 312 g/mol. The number of nitrogens with zero attached hydrogens (tertiary/aromatic N) is 1. The van der Waals surface area contributed by atoms with Crippen LogP contribution in [0.4, 0.5) is 5.69 Å². The van der Waals surface area contributed by atoms with Gasteiger partial charge >= 0.3 is 0 Å². The molecule has 20 heavy (non-hydrogen) atoms. The van der Waals surface area contributed by atoms with Gasteiger partial charge in [-0.1, -0.05) is 6.07 Å². The molecule has 110 valence electrons. The predicted molar refractivity (Wildman–Crippen MR) is 87.0 cm³/mol. The molecule has 0 unspecified atom stereocenters. The maximum Gasteiger partial charge on any atom is 0.173 e. The molecule has 0 radical (unpaired) electrons. The molecule has 0 saturated carbocycles. The summed E-state index contributed by atoms with van der Waals surface area (Å²) >= 11 is 5.37. The van der Waals surface area contributed by atoms with Gasteiger partial charge in [0.15, 0.2) is 14.9 Å². The van der Waals surface area contributed by atoms with Crippen LogP contribution in [-0.4, -0.2) is 43.0 Å². The molecule has 0 amide bonds. The zero-order valence-electron chi connectivity index (χ0n) is 12.0. The minimum atomic E-state index is -2.89. The van der Waals surface area contributed by atoms with Gasteiger partial charge in [0.25, 0.3) is 0 Å². The van der Waals surface area contributed by atoms with Crippen molar-refractivity contribution in [2.45, 2.75) is 26.3 Å². The van der Waals surface area contributed by atoms with Gasteiger partial charge in [0.05, 0.1) is 11.5 Å². The highest BCUT2D eigenvalue weighted by Crippen LogP contribution is 2.19. The quantitative estimate of drug-likeness (QED) is 0.848. The molecule has 0 bridgehead atoms. The van der Waals surface area contributed by atoms with Gasteiger partial charge in [-0.15, -0.1) is 0 Å². The Morgan fingerprint density at radius 1 is 1.35 bits per heavy atom. The maximum atomic E-state index is 11.5. The third kappa shape index (κ3) is 3.49. The predicted octanol–water partition coefficient (Wildman–Crippen LogP) is 2.12. The molecule has 1 aromatic carbocycles. The van der Waals surface area contributed by atoms with E-state index >= 15 is 0 Å². The Balaban J connectivity index is 2.02. The van der Waals surface area contributed by atoms with Crippen molar-refractivity contribution < 1.29 is 8.42 Å². The van der Waals surface area contributed by atoms with Gasteiger partial charge in [-0.05, 0) is 55.7 Å². The largest absolute Gasteiger partial charge is 0.348 e. The van der Waals surface area contributed by atoms with Crippen molar-refractivity contribution in [1.29, 1.82) is 0 Å². The van der Waals surface area contributed by atoms with E-state index in [0.29, 0.717) is 11.5 Å². The first-order valence-corrected chi connectivity index (χ1v) is 8.83. The van der Waals surface area contributed by atoms with E-state index in [-0.39, 0.29) is 17.5 Å². The van der Waals surface area contributed by atoms with E-state index in [1.165, 1.54) is 11.1 Å². The summed E-state index contributed by atoms with van der Waals surface area (Å²) in [4.78, 5) is 1.86. The van der Waals surface area contributed by atoms with Crippen LogP contribution in [0.1, 0.15) is 17.5 Å². The van der Waals surface area contributed by atoms with Gasteiger partial charge in [0.1, 0.15) is 0 Å². The Bertz CT molecular complexity index is 626. The second kappa shape index (κ2) is 5.69. The number of thiocarbonyl (C=S) groups is 1. The van der Waals surface area contributed by atoms with Crippen molar-refractivity contribution in [1.82, 2.24) is 4.90 Å². The summed E-state index contributed by atoms with van der Waals surface area (Å²) in [5, 5.41) is 3.74. The maximum absolute atomic E-state index is 11.5. The summed E-state index contributed by atoms with van der Waals surface area (Å²) in [6.07, 6.45) is 0.646. The molecule has 1 aromatic rings. The minimum Gasteiger partial charge on any atom is -0.348 e. The molecule has 0 spiro atoms.